The molecule has 116 valence electrons. The maximum absolute atomic E-state index is 12.9. The predicted octanol–water partition coefficient (Wildman–Crippen LogP) is 2.99. The number of carbonyl (C=O) groups excluding carboxylic acids is 1. The standard InChI is InChI=1S/C17H26N2OS/c1-3-21-15-11-7-8-12-19(13-15)16(20)17(2,18)14-9-5-4-6-10-14/h4-6,9-10,15H,3,7-8,11-13,18H2,1-2H3. The van der Waals surface area contributed by atoms with Crippen molar-refractivity contribution in [2.75, 3.05) is 18.8 Å². The fourth-order valence-electron chi connectivity index (χ4n) is 2.90. The van der Waals surface area contributed by atoms with Gasteiger partial charge in [0.1, 0.15) is 5.54 Å². The molecule has 3 nitrogen and oxygen atoms in total. The van der Waals surface area contributed by atoms with Crippen molar-refractivity contribution >= 4 is 17.7 Å². The summed E-state index contributed by atoms with van der Waals surface area (Å²) in [5, 5.41) is 0.549. The Morgan fingerprint density at radius 2 is 2.10 bits per heavy atom. The lowest BCUT2D eigenvalue weighted by Crippen LogP contribution is -2.52. The Kier molecular flexibility index (Phi) is 5.71. The van der Waals surface area contributed by atoms with Crippen LogP contribution in [-0.4, -0.2) is 34.9 Å². The highest BCUT2D eigenvalue weighted by Gasteiger charge is 2.35. The molecule has 4 heteroatoms. The van der Waals surface area contributed by atoms with E-state index in [0.717, 1.165) is 30.8 Å². The number of thioether (sulfide) groups is 1. The van der Waals surface area contributed by atoms with Gasteiger partial charge in [-0.15, -0.1) is 0 Å². The fraction of sp³-hybridized carbons (Fsp3) is 0.588. The third kappa shape index (κ3) is 4.01. The van der Waals surface area contributed by atoms with E-state index in [1.807, 2.05) is 53.9 Å². The van der Waals surface area contributed by atoms with Crippen LogP contribution in [0.15, 0.2) is 30.3 Å². The number of nitrogens with zero attached hydrogens (tertiary/aromatic N) is 1. The minimum absolute atomic E-state index is 0.0531. The van der Waals surface area contributed by atoms with Crippen molar-refractivity contribution in [1.29, 1.82) is 0 Å². The molecule has 2 atom stereocenters. The SMILES string of the molecule is CCSC1CCCCN(C(=O)C(C)(N)c2ccccc2)C1. The Morgan fingerprint density at radius 3 is 2.76 bits per heavy atom. The van der Waals surface area contributed by atoms with E-state index in [-0.39, 0.29) is 5.91 Å². The highest BCUT2D eigenvalue weighted by molar-refractivity contribution is 7.99. The molecule has 21 heavy (non-hydrogen) atoms. The molecule has 2 unspecified atom stereocenters. The van der Waals surface area contributed by atoms with Gasteiger partial charge >= 0.3 is 0 Å². The second kappa shape index (κ2) is 7.32. The molecule has 2 rings (SSSR count). The molecule has 1 amide bonds. The summed E-state index contributed by atoms with van der Waals surface area (Å²) in [5.74, 6) is 1.16. The monoisotopic (exact) mass is 306 g/mol. The molecule has 0 aliphatic carbocycles. The Balaban J connectivity index is 2.13. The van der Waals surface area contributed by atoms with E-state index in [9.17, 15) is 4.79 Å². The van der Waals surface area contributed by atoms with Gasteiger partial charge in [-0.2, -0.15) is 11.8 Å². The maximum atomic E-state index is 12.9. The van der Waals surface area contributed by atoms with Gasteiger partial charge in [0.2, 0.25) is 5.91 Å². The number of carbonyl (C=O) groups is 1. The van der Waals surface area contributed by atoms with Crippen molar-refractivity contribution < 1.29 is 4.79 Å². The van der Waals surface area contributed by atoms with E-state index < -0.39 is 5.54 Å². The molecule has 1 heterocycles. The van der Waals surface area contributed by atoms with Gasteiger partial charge in [0.15, 0.2) is 0 Å². The van der Waals surface area contributed by atoms with Crippen LogP contribution in [0.25, 0.3) is 0 Å². The first-order valence-electron chi connectivity index (χ1n) is 7.81. The molecule has 1 fully saturated rings. The lowest BCUT2D eigenvalue weighted by Gasteiger charge is -2.32. The highest BCUT2D eigenvalue weighted by Crippen LogP contribution is 2.26. The summed E-state index contributed by atoms with van der Waals surface area (Å²) in [7, 11) is 0. The summed E-state index contributed by atoms with van der Waals surface area (Å²) in [6.07, 6.45) is 3.49. The van der Waals surface area contributed by atoms with E-state index in [1.54, 1.807) is 0 Å². The van der Waals surface area contributed by atoms with Crippen molar-refractivity contribution in [3.63, 3.8) is 0 Å². The number of rotatable bonds is 4. The Morgan fingerprint density at radius 1 is 1.38 bits per heavy atom. The van der Waals surface area contributed by atoms with E-state index >= 15 is 0 Å². The van der Waals surface area contributed by atoms with Crippen LogP contribution in [0.5, 0.6) is 0 Å². The summed E-state index contributed by atoms with van der Waals surface area (Å²) >= 11 is 1.96. The summed E-state index contributed by atoms with van der Waals surface area (Å²) in [5.41, 5.74) is 6.34. The van der Waals surface area contributed by atoms with Crippen LogP contribution in [0, 0.1) is 0 Å². The van der Waals surface area contributed by atoms with E-state index in [4.69, 9.17) is 5.73 Å². The maximum Gasteiger partial charge on any atom is 0.247 e. The molecule has 1 aliphatic rings. The minimum atomic E-state index is -0.937. The van der Waals surface area contributed by atoms with Crippen LogP contribution >= 0.6 is 11.8 Å². The van der Waals surface area contributed by atoms with Crippen LogP contribution in [0.3, 0.4) is 0 Å². The minimum Gasteiger partial charge on any atom is -0.340 e. The summed E-state index contributed by atoms with van der Waals surface area (Å²) in [4.78, 5) is 14.9. The highest BCUT2D eigenvalue weighted by atomic mass is 32.2. The molecule has 0 saturated carbocycles. The summed E-state index contributed by atoms with van der Waals surface area (Å²) in [6.45, 7) is 5.67. The average molecular weight is 306 g/mol. The predicted molar refractivity (Wildman–Crippen MR) is 90.3 cm³/mol. The third-order valence-corrected chi connectivity index (χ3v) is 5.32. The van der Waals surface area contributed by atoms with E-state index in [0.29, 0.717) is 5.25 Å². The fourth-order valence-corrected chi connectivity index (χ4v) is 3.99. The number of nitrogens with two attached hydrogens (primary N) is 1. The molecule has 1 aromatic carbocycles. The molecular formula is C17H26N2OS. The van der Waals surface area contributed by atoms with Gasteiger partial charge in [-0.05, 0) is 31.1 Å². The van der Waals surface area contributed by atoms with Crippen molar-refractivity contribution in [3.8, 4) is 0 Å². The average Bonchev–Trinajstić information content (AvgIpc) is 2.73. The van der Waals surface area contributed by atoms with Crippen LogP contribution in [-0.2, 0) is 10.3 Å². The van der Waals surface area contributed by atoms with Crippen LogP contribution in [0.2, 0.25) is 0 Å². The van der Waals surface area contributed by atoms with Gasteiger partial charge < -0.3 is 10.6 Å². The molecule has 0 bridgehead atoms. The number of amides is 1. The second-order valence-corrected chi connectivity index (χ2v) is 7.47. The zero-order chi connectivity index (χ0) is 15.3. The van der Waals surface area contributed by atoms with Crippen LogP contribution < -0.4 is 5.73 Å². The van der Waals surface area contributed by atoms with Gasteiger partial charge in [-0.1, -0.05) is 43.7 Å². The first kappa shape index (κ1) is 16.4. The molecule has 1 aromatic rings. The molecule has 0 radical (unpaired) electrons. The Labute approximate surface area is 132 Å². The smallest absolute Gasteiger partial charge is 0.247 e. The van der Waals surface area contributed by atoms with E-state index in [2.05, 4.69) is 6.92 Å². The number of hydrogen-bond donors (Lipinski definition) is 1. The zero-order valence-corrected chi connectivity index (χ0v) is 13.9. The van der Waals surface area contributed by atoms with Crippen molar-refractivity contribution in [1.82, 2.24) is 4.90 Å². The van der Waals surface area contributed by atoms with Gasteiger partial charge in [-0.25, -0.2) is 0 Å². The molecule has 1 saturated heterocycles. The Bertz CT molecular complexity index is 461. The van der Waals surface area contributed by atoms with Gasteiger partial charge in [-0.3, -0.25) is 4.79 Å². The largest absolute Gasteiger partial charge is 0.340 e. The van der Waals surface area contributed by atoms with Gasteiger partial charge in [0, 0.05) is 18.3 Å². The first-order chi connectivity index (χ1) is 10.1. The summed E-state index contributed by atoms with van der Waals surface area (Å²) < 4.78 is 0. The van der Waals surface area contributed by atoms with Gasteiger partial charge in [0.05, 0.1) is 0 Å². The quantitative estimate of drug-likeness (QED) is 0.930. The lowest BCUT2D eigenvalue weighted by molar-refractivity contribution is -0.136. The molecular weight excluding hydrogens is 280 g/mol. The molecule has 0 spiro atoms. The van der Waals surface area contributed by atoms with Crippen molar-refractivity contribution in [2.45, 2.75) is 43.9 Å². The van der Waals surface area contributed by atoms with Crippen LogP contribution in [0.1, 0.15) is 38.7 Å². The zero-order valence-electron chi connectivity index (χ0n) is 13.0. The topological polar surface area (TPSA) is 46.3 Å². The molecule has 1 aliphatic heterocycles. The van der Waals surface area contributed by atoms with Crippen molar-refractivity contribution in [3.05, 3.63) is 35.9 Å². The lowest BCUT2D eigenvalue weighted by atomic mass is 9.91. The Hall–Kier alpha value is -1.00. The first-order valence-corrected chi connectivity index (χ1v) is 8.86. The van der Waals surface area contributed by atoms with E-state index in [1.165, 1.54) is 12.8 Å². The number of likely N-dealkylation sites (tertiary alicyclic amines) is 1. The number of hydrogen-bond acceptors (Lipinski definition) is 3. The second-order valence-electron chi connectivity index (χ2n) is 5.89. The molecule has 0 aromatic heterocycles. The normalized spacial score (nSPS) is 22.4. The molecule has 2 N–H and O–H groups in total. The van der Waals surface area contributed by atoms with Crippen molar-refractivity contribution in [2.24, 2.45) is 5.73 Å². The summed E-state index contributed by atoms with van der Waals surface area (Å²) in [6, 6.07) is 9.70. The van der Waals surface area contributed by atoms with Gasteiger partial charge in [0.25, 0.3) is 0 Å². The number of benzene rings is 1. The third-order valence-electron chi connectivity index (χ3n) is 4.14. The van der Waals surface area contributed by atoms with Crippen LogP contribution in [0.4, 0.5) is 0 Å².